The maximum absolute atomic E-state index is 6.18. The molecule has 42 heavy (non-hydrogen) atoms. The molecule has 1 heterocycles. The van der Waals surface area contributed by atoms with Gasteiger partial charge in [0.25, 0.3) is 0 Å². The first-order valence-electron chi connectivity index (χ1n) is 14.3. The predicted octanol–water partition coefficient (Wildman–Crippen LogP) is 11.5. The van der Waals surface area contributed by atoms with Gasteiger partial charge in [-0.1, -0.05) is 109 Å². The van der Waals surface area contributed by atoms with Crippen LogP contribution in [-0.2, 0) is 0 Å². The SMILES string of the molecule is c1ccc(-c2ccc(N(c3ccccc3)c3ccc4cc5oc6ccccc6c5cc4c3)c(-c3ccccc3)c2)cc1. The van der Waals surface area contributed by atoms with E-state index in [1.54, 1.807) is 0 Å². The Morgan fingerprint density at radius 2 is 1.07 bits per heavy atom. The summed E-state index contributed by atoms with van der Waals surface area (Å²) in [6.07, 6.45) is 0. The van der Waals surface area contributed by atoms with Crippen molar-refractivity contribution in [1.29, 1.82) is 0 Å². The van der Waals surface area contributed by atoms with E-state index in [1.165, 1.54) is 27.6 Å². The Balaban J connectivity index is 1.36. The second kappa shape index (κ2) is 10.1. The van der Waals surface area contributed by atoms with E-state index in [0.717, 1.165) is 44.4 Å². The number of hydrogen-bond acceptors (Lipinski definition) is 2. The van der Waals surface area contributed by atoms with Crippen LogP contribution in [0.25, 0.3) is 55.0 Å². The lowest BCUT2D eigenvalue weighted by Gasteiger charge is -2.28. The van der Waals surface area contributed by atoms with Gasteiger partial charge in [0.2, 0.25) is 0 Å². The molecule has 0 fully saturated rings. The van der Waals surface area contributed by atoms with Crippen LogP contribution >= 0.6 is 0 Å². The van der Waals surface area contributed by atoms with E-state index in [1.807, 2.05) is 12.1 Å². The summed E-state index contributed by atoms with van der Waals surface area (Å²) in [7, 11) is 0. The minimum atomic E-state index is 0.916. The fourth-order valence-electron chi connectivity index (χ4n) is 5.99. The van der Waals surface area contributed by atoms with Gasteiger partial charge in [-0.3, -0.25) is 0 Å². The number of anilines is 3. The van der Waals surface area contributed by atoms with E-state index in [0.29, 0.717) is 0 Å². The van der Waals surface area contributed by atoms with E-state index in [-0.39, 0.29) is 0 Å². The Labute approximate surface area is 244 Å². The van der Waals surface area contributed by atoms with Crippen molar-refractivity contribution in [3.8, 4) is 22.3 Å². The second-order valence-corrected chi connectivity index (χ2v) is 10.6. The van der Waals surface area contributed by atoms with Gasteiger partial charge < -0.3 is 9.32 Å². The van der Waals surface area contributed by atoms with Crippen LogP contribution in [0.15, 0.2) is 168 Å². The molecule has 0 saturated heterocycles. The summed E-state index contributed by atoms with van der Waals surface area (Å²) < 4.78 is 6.18. The molecule has 198 valence electrons. The average molecular weight is 538 g/mol. The van der Waals surface area contributed by atoms with Crippen LogP contribution in [0.4, 0.5) is 17.1 Å². The zero-order valence-electron chi connectivity index (χ0n) is 22.9. The van der Waals surface area contributed by atoms with Crippen molar-refractivity contribution in [1.82, 2.24) is 0 Å². The van der Waals surface area contributed by atoms with Gasteiger partial charge in [-0.2, -0.15) is 0 Å². The van der Waals surface area contributed by atoms with Crippen molar-refractivity contribution in [3.05, 3.63) is 164 Å². The monoisotopic (exact) mass is 537 g/mol. The third-order valence-corrected chi connectivity index (χ3v) is 8.02. The van der Waals surface area contributed by atoms with Gasteiger partial charge >= 0.3 is 0 Å². The molecule has 2 nitrogen and oxygen atoms in total. The largest absolute Gasteiger partial charge is 0.456 e. The molecule has 8 aromatic rings. The van der Waals surface area contributed by atoms with Crippen LogP contribution in [0.1, 0.15) is 0 Å². The second-order valence-electron chi connectivity index (χ2n) is 10.6. The number of furan rings is 1. The third-order valence-electron chi connectivity index (χ3n) is 8.02. The molecule has 1 aromatic heterocycles. The Morgan fingerprint density at radius 1 is 0.381 bits per heavy atom. The number of benzene rings is 7. The maximum atomic E-state index is 6.18. The van der Waals surface area contributed by atoms with E-state index in [4.69, 9.17) is 4.42 Å². The smallest absolute Gasteiger partial charge is 0.136 e. The Bertz CT molecular complexity index is 2180. The van der Waals surface area contributed by atoms with E-state index in [9.17, 15) is 0 Å². The summed E-state index contributed by atoms with van der Waals surface area (Å²) in [6.45, 7) is 0. The van der Waals surface area contributed by atoms with Gasteiger partial charge in [0.1, 0.15) is 11.2 Å². The number of para-hydroxylation sites is 2. The first-order chi connectivity index (χ1) is 20.8. The highest BCUT2D eigenvalue weighted by atomic mass is 16.3. The van der Waals surface area contributed by atoms with Crippen LogP contribution in [0.2, 0.25) is 0 Å². The van der Waals surface area contributed by atoms with Gasteiger partial charge in [-0.25, -0.2) is 0 Å². The van der Waals surface area contributed by atoms with Crippen LogP contribution in [0.3, 0.4) is 0 Å². The lowest BCUT2D eigenvalue weighted by molar-refractivity contribution is 0.669. The highest BCUT2D eigenvalue weighted by molar-refractivity contribution is 6.10. The lowest BCUT2D eigenvalue weighted by Crippen LogP contribution is -2.11. The predicted molar refractivity (Wildman–Crippen MR) is 177 cm³/mol. The van der Waals surface area contributed by atoms with Crippen LogP contribution in [0.5, 0.6) is 0 Å². The Hall–Kier alpha value is -5.60. The van der Waals surface area contributed by atoms with Crippen molar-refractivity contribution in [3.63, 3.8) is 0 Å². The molecule has 0 aliphatic rings. The summed E-state index contributed by atoms with van der Waals surface area (Å²) in [6, 6.07) is 58.1. The molecular formula is C40H27NO. The molecule has 0 atom stereocenters. The van der Waals surface area contributed by atoms with Gasteiger partial charge in [0.05, 0.1) is 5.69 Å². The lowest BCUT2D eigenvalue weighted by atomic mass is 9.96. The van der Waals surface area contributed by atoms with Crippen LogP contribution < -0.4 is 4.90 Å². The van der Waals surface area contributed by atoms with Gasteiger partial charge in [-0.15, -0.1) is 0 Å². The topological polar surface area (TPSA) is 16.4 Å². The molecule has 0 unspecified atom stereocenters. The molecule has 0 aliphatic heterocycles. The van der Waals surface area contributed by atoms with Crippen molar-refractivity contribution in [2.24, 2.45) is 0 Å². The molecule has 0 saturated carbocycles. The van der Waals surface area contributed by atoms with E-state index >= 15 is 0 Å². The summed E-state index contributed by atoms with van der Waals surface area (Å²) in [5, 5.41) is 4.61. The van der Waals surface area contributed by atoms with Crippen LogP contribution in [-0.4, -0.2) is 0 Å². The van der Waals surface area contributed by atoms with Crippen molar-refractivity contribution < 1.29 is 4.42 Å². The minimum absolute atomic E-state index is 0.916. The molecule has 0 amide bonds. The zero-order valence-corrected chi connectivity index (χ0v) is 22.9. The standard InChI is InChI=1S/C40H27NO/c1-4-12-28(13-5-1)30-21-23-38(36(25-30)29-14-6-2-7-15-29)41(33-16-8-3-9-17-33)34-22-20-31-27-40-37(26-32(31)24-34)35-18-10-11-19-39(35)42-40/h1-27H. The number of nitrogens with zero attached hydrogens (tertiary/aromatic N) is 1. The highest BCUT2D eigenvalue weighted by Gasteiger charge is 2.19. The third kappa shape index (κ3) is 4.22. The number of hydrogen-bond donors (Lipinski definition) is 0. The quantitative estimate of drug-likeness (QED) is 0.217. The summed E-state index contributed by atoms with van der Waals surface area (Å²) in [5.41, 5.74) is 9.92. The van der Waals surface area contributed by atoms with E-state index in [2.05, 4.69) is 157 Å². The number of fused-ring (bicyclic) bond motifs is 4. The van der Waals surface area contributed by atoms with Crippen LogP contribution in [0, 0.1) is 0 Å². The number of rotatable bonds is 5. The zero-order chi connectivity index (χ0) is 27.9. The molecule has 0 N–H and O–H groups in total. The van der Waals surface area contributed by atoms with Gasteiger partial charge in [0.15, 0.2) is 0 Å². The first-order valence-corrected chi connectivity index (χ1v) is 14.3. The average Bonchev–Trinajstić information content (AvgIpc) is 3.42. The Morgan fingerprint density at radius 3 is 1.86 bits per heavy atom. The van der Waals surface area contributed by atoms with Crippen molar-refractivity contribution >= 4 is 49.8 Å². The molecule has 8 rings (SSSR count). The maximum Gasteiger partial charge on any atom is 0.136 e. The van der Waals surface area contributed by atoms with Gasteiger partial charge in [0, 0.05) is 27.7 Å². The molecule has 0 spiro atoms. The van der Waals surface area contributed by atoms with Crippen molar-refractivity contribution in [2.75, 3.05) is 4.90 Å². The Kier molecular flexibility index (Phi) is 5.82. The molecule has 0 aliphatic carbocycles. The van der Waals surface area contributed by atoms with E-state index < -0.39 is 0 Å². The fraction of sp³-hybridized carbons (Fsp3) is 0. The molecule has 0 radical (unpaired) electrons. The van der Waals surface area contributed by atoms with Crippen molar-refractivity contribution in [2.45, 2.75) is 0 Å². The fourth-order valence-corrected chi connectivity index (χ4v) is 5.99. The molecule has 7 aromatic carbocycles. The van der Waals surface area contributed by atoms with Gasteiger partial charge in [-0.05, 0) is 82.1 Å². The molecule has 0 bridgehead atoms. The normalized spacial score (nSPS) is 11.3. The highest BCUT2D eigenvalue weighted by Crippen LogP contribution is 2.43. The summed E-state index contributed by atoms with van der Waals surface area (Å²) in [4.78, 5) is 2.37. The summed E-state index contributed by atoms with van der Waals surface area (Å²) >= 11 is 0. The minimum Gasteiger partial charge on any atom is -0.456 e. The molecular weight excluding hydrogens is 510 g/mol. The summed E-state index contributed by atoms with van der Waals surface area (Å²) in [5.74, 6) is 0. The first kappa shape index (κ1) is 24.2. The molecule has 2 heteroatoms.